The van der Waals surface area contributed by atoms with Crippen LogP contribution in [0.3, 0.4) is 0 Å². The van der Waals surface area contributed by atoms with Crippen LogP contribution in [-0.4, -0.2) is 141 Å². The van der Waals surface area contributed by atoms with Crippen molar-refractivity contribution in [3.8, 4) is 0 Å². The van der Waals surface area contributed by atoms with Gasteiger partial charge in [-0.1, -0.05) is 100 Å². The molecule has 1 saturated heterocycles. The number of carbonyl (C=O) groups is 8. The minimum Gasteiger partial charge on any atom is -0.391 e. The fourth-order valence-corrected chi connectivity index (χ4v) is 10.1. The van der Waals surface area contributed by atoms with Crippen molar-refractivity contribution in [2.45, 2.75) is 113 Å². The summed E-state index contributed by atoms with van der Waals surface area (Å²) in [7, 11) is 1.96. The number of amides is 8. The molecule has 1 aliphatic rings. The van der Waals surface area contributed by atoms with E-state index in [1.807, 2.05) is 30.3 Å². The molecule has 0 aliphatic carbocycles. The van der Waals surface area contributed by atoms with Gasteiger partial charge in [-0.15, -0.1) is 0 Å². The summed E-state index contributed by atoms with van der Waals surface area (Å²) in [5, 5.41) is 40.3. The Balaban J connectivity index is 1.57. The van der Waals surface area contributed by atoms with Gasteiger partial charge in [-0.3, -0.25) is 38.4 Å². The zero-order chi connectivity index (χ0) is 52.3. The summed E-state index contributed by atoms with van der Waals surface area (Å²) in [6.45, 7) is 2.70. The Morgan fingerprint density at radius 1 is 0.708 bits per heavy atom. The van der Waals surface area contributed by atoms with Gasteiger partial charge in [0.2, 0.25) is 47.3 Å². The van der Waals surface area contributed by atoms with Gasteiger partial charge in [0.05, 0.1) is 18.2 Å². The smallest absolute Gasteiger partial charge is 0.245 e. The molecule has 16 N–H and O–H groups in total. The Morgan fingerprint density at radius 3 is 1.93 bits per heavy atom. The lowest BCUT2D eigenvalue weighted by molar-refractivity contribution is -0.137. The summed E-state index contributed by atoms with van der Waals surface area (Å²) < 4.78 is 0. The molecule has 8 amide bonds. The molecular weight excluding hydrogens is 967 g/mol. The molecule has 72 heavy (non-hydrogen) atoms. The molecular formula is C49H65N11O10S2. The van der Waals surface area contributed by atoms with Crippen molar-refractivity contribution < 1.29 is 48.6 Å². The third kappa shape index (κ3) is 16.8. The highest BCUT2D eigenvalue weighted by Crippen LogP contribution is 2.24. The number of benzene rings is 3. The average molecular weight is 1030 g/mol. The topological polar surface area (TPSA) is 355 Å². The van der Waals surface area contributed by atoms with Crippen molar-refractivity contribution in [1.29, 1.82) is 0 Å². The van der Waals surface area contributed by atoms with Crippen LogP contribution in [0.25, 0.3) is 10.9 Å². The quantitative estimate of drug-likeness (QED) is 0.0432. The summed E-state index contributed by atoms with van der Waals surface area (Å²) in [6.07, 6.45) is -0.557. The maximum atomic E-state index is 14.7. The van der Waals surface area contributed by atoms with Crippen LogP contribution in [-0.2, 0) is 57.6 Å². The van der Waals surface area contributed by atoms with E-state index in [0.29, 0.717) is 24.0 Å². The van der Waals surface area contributed by atoms with Crippen molar-refractivity contribution in [2.24, 2.45) is 17.2 Å². The van der Waals surface area contributed by atoms with E-state index in [9.17, 15) is 48.6 Å². The van der Waals surface area contributed by atoms with Gasteiger partial charge in [-0.25, -0.2) is 0 Å². The first-order valence-electron chi connectivity index (χ1n) is 23.6. The fraction of sp³-hybridized carbons (Fsp3) is 0.429. The second-order valence-corrected chi connectivity index (χ2v) is 20.1. The number of aromatic amines is 1. The van der Waals surface area contributed by atoms with Crippen molar-refractivity contribution in [1.82, 2.24) is 42.2 Å². The molecule has 4 aromatic rings. The van der Waals surface area contributed by atoms with E-state index >= 15 is 0 Å². The monoisotopic (exact) mass is 1030 g/mol. The highest BCUT2D eigenvalue weighted by Gasteiger charge is 2.37. The van der Waals surface area contributed by atoms with Crippen LogP contribution in [0, 0.1) is 0 Å². The summed E-state index contributed by atoms with van der Waals surface area (Å²) >= 11 is 0. The highest BCUT2D eigenvalue weighted by atomic mass is 33.1. The molecule has 0 radical (unpaired) electrons. The lowest BCUT2D eigenvalue weighted by Crippen LogP contribution is -2.62. The number of aliphatic hydroxyl groups excluding tert-OH is 2. The molecule has 23 heteroatoms. The molecule has 0 bridgehead atoms. The molecule has 3 aromatic carbocycles. The number of nitrogens with one attached hydrogen (secondary N) is 8. The van der Waals surface area contributed by atoms with Gasteiger partial charge in [0.15, 0.2) is 0 Å². The maximum Gasteiger partial charge on any atom is 0.245 e. The zero-order valence-electron chi connectivity index (χ0n) is 40.0. The van der Waals surface area contributed by atoms with E-state index in [0.717, 1.165) is 38.1 Å². The Labute approximate surface area is 424 Å². The van der Waals surface area contributed by atoms with E-state index < -0.39 is 108 Å². The van der Waals surface area contributed by atoms with E-state index in [1.165, 1.54) is 13.8 Å². The largest absolute Gasteiger partial charge is 0.391 e. The molecule has 0 saturated carbocycles. The molecule has 1 fully saturated rings. The second-order valence-electron chi connectivity index (χ2n) is 17.6. The summed E-state index contributed by atoms with van der Waals surface area (Å²) in [4.78, 5) is 115. The number of aliphatic hydroxyl groups is 2. The molecule has 2 heterocycles. The number of H-pyrrole nitrogens is 1. The number of hydrogen-bond donors (Lipinski definition) is 13. The van der Waals surface area contributed by atoms with Crippen molar-refractivity contribution in [2.75, 3.05) is 18.1 Å². The van der Waals surface area contributed by atoms with Crippen LogP contribution in [0.4, 0.5) is 0 Å². The lowest BCUT2D eigenvalue weighted by Gasteiger charge is -2.29. The maximum absolute atomic E-state index is 14.7. The number of aromatic nitrogens is 1. The third-order valence-corrected chi connectivity index (χ3v) is 14.3. The van der Waals surface area contributed by atoms with Crippen LogP contribution in [0.5, 0.6) is 0 Å². The number of primary amides is 1. The van der Waals surface area contributed by atoms with Crippen LogP contribution in [0.1, 0.15) is 49.8 Å². The number of para-hydroxylation sites is 1. The predicted molar refractivity (Wildman–Crippen MR) is 274 cm³/mol. The number of carbonyl (C=O) groups excluding carboxylic acids is 8. The number of nitrogens with two attached hydrogens (primary N) is 3. The molecule has 388 valence electrons. The fourth-order valence-electron chi connectivity index (χ4n) is 7.81. The van der Waals surface area contributed by atoms with Crippen LogP contribution < -0.4 is 54.4 Å². The first kappa shape index (κ1) is 56.4. The molecule has 1 aromatic heterocycles. The Bertz CT molecular complexity index is 2480. The van der Waals surface area contributed by atoms with Gasteiger partial charge in [0, 0.05) is 41.4 Å². The van der Waals surface area contributed by atoms with Gasteiger partial charge in [0.25, 0.3) is 0 Å². The minimum absolute atomic E-state index is 0.0121. The van der Waals surface area contributed by atoms with Crippen molar-refractivity contribution in [3.05, 3.63) is 108 Å². The lowest BCUT2D eigenvalue weighted by atomic mass is 10.0. The summed E-state index contributed by atoms with van der Waals surface area (Å²) in [6, 6.07) is 13.7. The van der Waals surface area contributed by atoms with Gasteiger partial charge < -0.3 is 69.6 Å². The Morgan fingerprint density at radius 2 is 1.29 bits per heavy atom. The molecule has 5 rings (SSSR count). The van der Waals surface area contributed by atoms with Crippen LogP contribution >= 0.6 is 21.6 Å². The summed E-state index contributed by atoms with van der Waals surface area (Å²) in [5.41, 5.74) is 20.4. The van der Waals surface area contributed by atoms with Gasteiger partial charge >= 0.3 is 0 Å². The first-order valence-corrected chi connectivity index (χ1v) is 26.0. The van der Waals surface area contributed by atoms with Crippen molar-refractivity contribution >= 4 is 79.7 Å². The third-order valence-electron chi connectivity index (χ3n) is 11.8. The molecule has 10 atom stereocenters. The molecule has 21 nitrogen and oxygen atoms in total. The van der Waals surface area contributed by atoms with Gasteiger partial charge in [-0.05, 0) is 68.8 Å². The zero-order valence-corrected chi connectivity index (χ0v) is 41.6. The standard InChI is InChI=1S/C49H65N11O10S2/c1-27(61)40(42(52)63)59-48(69)39-26-72-71-25-38(57-43(64)33(51)21-29-13-5-3-6-14-29)47(68)55-36(22-30-15-7-4-8-16-30)45(66)56-37(23-31-24-53-34-18-10-9-17-32(31)34)46(67)54-35(19-11-12-20-50)44(65)60-41(28(2)62)49(70)58-39/h3-10,13-18,24,27-28,33,35-41,53,61-62H,11-12,19-23,25-26,50-51H2,1-2H3,(H2,52,63)(H,54,67)(H,55,68)(H,56,66)(H,57,64)(H,58,70)(H,59,69)(H,60,65)/t27-,28-,33-,35+,36+,37+,38-,39+,40+,41+/m1/s1. The predicted octanol–water partition coefficient (Wildman–Crippen LogP) is -1.31. The molecule has 1 aliphatic heterocycles. The van der Waals surface area contributed by atoms with E-state index in [4.69, 9.17) is 17.2 Å². The van der Waals surface area contributed by atoms with E-state index in [1.54, 1.807) is 60.8 Å². The molecule has 0 unspecified atom stereocenters. The minimum atomic E-state index is -1.71. The van der Waals surface area contributed by atoms with E-state index in [-0.39, 0.29) is 43.7 Å². The number of hydrogen-bond acceptors (Lipinski definition) is 14. The Kier molecular flexibility index (Phi) is 21.9. The summed E-state index contributed by atoms with van der Waals surface area (Å²) in [5.74, 6) is -7.51. The Hall–Kier alpha value is -6.50. The normalized spacial score (nSPS) is 22.6. The number of unbranched alkanes of at least 4 members (excludes halogenated alkanes) is 1. The van der Waals surface area contributed by atoms with Crippen molar-refractivity contribution in [3.63, 3.8) is 0 Å². The van der Waals surface area contributed by atoms with Crippen LogP contribution in [0.15, 0.2) is 91.1 Å². The van der Waals surface area contributed by atoms with Crippen LogP contribution in [0.2, 0.25) is 0 Å². The van der Waals surface area contributed by atoms with Gasteiger partial charge in [-0.2, -0.15) is 0 Å². The highest BCUT2D eigenvalue weighted by molar-refractivity contribution is 8.76. The van der Waals surface area contributed by atoms with E-state index in [2.05, 4.69) is 42.2 Å². The number of rotatable bonds is 17. The number of fused-ring (bicyclic) bond motifs is 1. The first-order chi connectivity index (χ1) is 34.4. The SMILES string of the molecule is C[C@@H](O)[C@H](NC(=O)[C@@H]1CSSC[C@@H](NC(=O)[C@H](N)Cc2ccccc2)C(=O)N[C@@H](Cc2ccccc2)C(=O)N[C@@H](Cc2c[nH]c3ccccc23)C(=O)N[C@@H](CCCCN)C(=O)N[C@@H]([C@@H](C)O)C(=O)N1)C(N)=O. The second kappa shape index (κ2) is 27.9. The van der Waals surface area contributed by atoms with Gasteiger partial charge in [0.1, 0.15) is 42.3 Å². The average Bonchev–Trinajstić information content (AvgIpc) is 3.76. The molecule has 0 spiro atoms.